The summed E-state index contributed by atoms with van der Waals surface area (Å²) in [6.45, 7) is 3.82. The van der Waals surface area contributed by atoms with Crippen LogP contribution < -0.4 is 4.74 Å². The predicted molar refractivity (Wildman–Crippen MR) is 108 cm³/mol. The van der Waals surface area contributed by atoms with Crippen LogP contribution in [0, 0.1) is 5.82 Å². The fourth-order valence-electron chi connectivity index (χ4n) is 4.45. The van der Waals surface area contributed by atoms with Gasteiger partial charge in [-0.3, -0.25) is 4.90 Å². The molecule has 5 nitrogen and oxygen atoms in total. The molecule has 3 heterocycles. The fraction of sp³-hybridized carbons (Fsp3) is 0.348. The summed E-state index contributed by atoms with van der Waals surface area (Å²) >= 11 is 0. The maximum absolute atomic E-state index is 13.5. The lowest BCUT2D eigenvalue weighted by atomic mass is 10.0. The largest absolute Gasteiger partial charge is 0.497 e. The molecule has 0 saturated carbocycles. The smallest absolute Gasteiger partial charge is 0.135 e. The molecule has 0 unspecified atom stereocenters. The van der Waals surface area contributed by atoms with Gasteiger partial charge >= 0.3 is 0 Å². The monoisotopic (exact) mass is 393 g/mol. The summed E-state index contributed by atoms with van der Waals surface area (Å²) in [6.07, 6.45) is 2.89. The minimum absolute atomic E-state index is 0.183. The van der Waals surface area contributed by atoms with Gasteiger partial charge in [-0.25, -0.2) is 9.37 Å². The van der Waals surface area contributed by atoms with E-state index in [1.165, 1.54) is 6.07 Å². The van der Waals surface area contributed by atoms with Gasteiger partial charge in [-0.1, -0.05) is 12.1 Å². The molecule has 2 aromatic carbocycles. The first kappa shape index (κ1) is 18.3. The highest BCUT2D eigenvalue weighted by Crippen LogP contribution is 2.36. The second-order valence-electron chi connectivity index (χ2n) is 7.94. The van der Waals surface area contributed by atoms with Crippen molar-refractivity contribution in [2.24, 2.45) is 0 Å². The number of imidazole rings is 1. The molecule has 1 atom stereocenters. The van der Waals surface area contributed by atoms with E-state index in [9.17, 15) is 4.39 Å². The van der Waals surface area contributed by atoms with Crippen molar-refractivity contribution < 1.29 is 13.9 Å². The topological polar surface area (TPSA) is 39.5 Å². The molecule has 5 rings (SSSR count). The van der Waals surface area contributed by atoms with Crippen LogP contribution in [-0.4, -0.2) is 40.3 Å². The Kier molecular flexibility index (Phi) is 4.60. The second-order valence-corrected chi connectivity index (χ2v) is 7.94. The second kappa shape index (κ2) is 7.28. The van der Waals surface area contributed by atoms with Gasteiger partial charge in [0.25, 0.3) is 0 Å². The van der Waals surface area contributed by atoms with E-state index in [0.29, 0.717) is 6.61 Å². The molecule has 0 bridgehead atoms. The van der Waals surface area contributed by atoms with Crippen LogP contribution >= 0.6 is 0 Å². The van der Waals surface area contributed by atoms with Gasteiger partial charge in [0.2, 0.25) is 0 Å². The first-order valence-electron chi connectivity index (χ1n) is 9.94. The Hall–Kier alpha value is -2.70. The Balaban J connectivity index is 1.34. The number of nitrogens with zero attached hydrogens (tertiary/aromatic N) is 3. The fourth-order valence-corrected chi connectivity index (χ4v) is 4.45. The number of halogens is 1. The van der Waals surface area contributed by atoms with Gasteiger partial charge < -0.3 is 14.0 Å². The van der Waals surface area contributed by atoms with E-state index in [1.807, 2.05) is 24.4 Å². The highest BCUT2D eigenvalue weighted by Gasteiger charge is 2.43. The van der Waals surface area contributed by atoms with Crippen LogP contribution in [0.1, 0.15) is 17.8 Å². The quantitative estimate of drug-likeness (QED) is 0.675. The average Bonchev–Trinajstić information content (AvgIpc) is 3.32. The number of benzene rings is 2. The van der Waals surface area contributed by atoms with Gasteiger partial charge in [0.15, 0.2) is 0 Å². The highest BCUT2D eigenvalue weighted by atomic mass is 19.1. The van der Waals surface area contributed by atoms with E-state index in [-0.39, 0.29) is 11.4 Å². The van der Waals surface area contributed by atoms with E-state index in [1.54, 1.807) is 19.2 Å². The van der Waals surface area contributed by atoms with E-state index in [2.05, 4.69) is 26.6 Å². The summed E-state index contributed by atoms with van der Waals surface area (Å²) in [5, 5.41) is 0. The Morgan fingerprint density at radius 1 is 1.17 bits per heavy atom. The van der Waals surface area contributed by atoms with Crippen molar-refractivity contribution in [2.75, 3.05) is 20.2 Å². The standard InChI is InChI=1S/C23H24FN3O2/c1-28-20-7-5-18(6-8-20)21-12-25-22-14-29-23(16-27(21)22)9-10-26(15-23)13-17-3-2-4-19(24)11-17/h2-8,11-12H,9-10,13-16H2,1H3/t23-/m0/s1. The van der Waals surface area contributed by atoms with Crippen molar-refractivity contribution in [3.8, 4) is 17.0 Å². The SMILES string of the molecule is COc1ccc(-c2cnc3n2C[C@@]2(CCN(Cc4cccc(F)c4)C2)OC3)cc1. The molecule has 1 fully saturated rings. The summed E-state index contributed by atoms with van der Waals surface area (Å²) in [4.78, 5) is 6.93. The van der Waals surface area contributed by atoms with Crippen molar-refractivity contribution in [1.29, 1.82) is 0 Å². The van der Waals surface area contributed by atoms with Crippen LogP contribution in [0.3, 0.4) is 0 Å². The van der Waals surface area contributed by atoms with Gasteiger partial charge in [0.1, 0.15) is 29.6 Å². The number of ether oxygens (including phenoxy) is 2. The normalized spacial score (nSPS) is 21.4. The maximum atomic E-state index is 13.5. The van der Waals surface area contributed by atoms with Crippen LogP contribution in [0.25, 0.3) is 11.3 Å². The number of aromatic nitrogens is 2. The summed E-state index contributed by atoms with van der Waals surface area (Å²) < 4.78 is 27.4. The average molecular weight is 393 g/mol. The molecule has 0 N–H and O–H groups in total. The number of methoxy groups -OCH3 is 1. The lowest BCUT2D eigenvalue weighted by Crippen LogP contribution is -2.44. The Bertz CT molecular complexity index is 1020. The van der Waals surface area contributed by atoms with E-state index in [4.69, 9.17) is 9.47 Å². The first-order chi connectivity index (χ1) is 14.1. The van der Waals surface area contributed by atoms with Crippen molar-refractivity contribution in [3.05, 3.63) is 71.9 Å². The van der Waals surface area contributed by atoms with Crippen molar-refractivity contribution in [1.82, 2.24) is 14.5 Å². The molecule has 29 heavy (non-hydrogen) atoms. The summed E-state index contributed by atoms with van der Waals surface area (Å²) in [6, 6.07) is 14.9. The molecule has 6 heteroatoms. The molecule has 2 aliphatic rings. The molecular formula is C23H24FN3O2. The van der Waals surface area contributed by atoms with E-state index in [0.717, 1.165) is 61.0 Å². The highest BCUT2D eigenvalue weighted by molar-refractivity contribution is 5.60. The molecule has 1 spiro atoms. The predicted octanol–water partition coefficient (Wildman–Crippen LogP) is 3.87. The number of hydrogen-bond acceptors (Lipinski definition) is 4. The van der Waals surface area contributed by atoms with E-state index < -0.39 is 0 Å². The molecule has 150 valence electrons. The van der Waals surface area contributed by atoms with Gasteiger partial charge in [-0.15, -0.1) is 0 Å². The lowest BCUT2D eigenvalue weighted by Gasteiger charge is -2.35. The Morgan fingerprint density at radius 3 is 2.83 bits per heavy atom. The first-order valence-corrected chi connectivity index (χ1v) is 9.94. The maximum Gasteiger partial charge on any atom is 0.135 e. The zero-order valence-corrected chi connectivity index (χ0v) is 16.5. The Morgan fingerprint density at radius 2 is 2.03 bits per heavy atom. The molecule has 1 aromatic heterocycles. The van der Waals surface area contributed by atoms with Gasteiger partial charge in [0.05, 0.1) is 25.5 Å². The third-order valence-electron chi connectivity index (χ3n) is 5.97. The van der Waals surface area contributed by atoms with Gasteiger partial charge in [-0.05, 0) is 48.4 Å². The van der Waals surface area contributed by atoms with Crippen LogP contribution in [0.2, 0.25) is 0 Å². The number of fused-ring (bicyclic) bond motifs is 1. The number of likely N-dealkylation sites (tertiary alicyclic amines) is 1. The minimum atomic E-state index is -0.220. The van der Waals surface area contributed by atoms with Crippen molar-refractivity contribution in [2.45, 2.75) is 31.7 Å². The van der Waals surface area contributed by atoms with Crippen molar-refractivity contribution >= 4 is 0 Å². The zero-order valence-electron chi connectivity index (χ0n) is 16.5. The number of hydrogen-bond donors (Lipinski definition) is 0. The molecule has 2 aliphatic heterocycles. The van der Waals surface area contributed by atoms with Crippen LogP contribution in [0.15, 0.2) is 54.7 Å². The summed E-state index contributed by atoms with van der Waals surface area (Å²) in [7, 11) is 1.67. The molecular weight excluding hydrogens is 369 g/mol. The van der Waals surface area contributed by atoms with Crippen LogP contribution in [-0.2, 0) is 24.4 Å². The minimum Gasteiger partial charge on any atom is -0.497 e. The Labute approximate surface area is 169 Å². The molecule has 1 saturated heterocycles. The third-order valence-corrected chi connectivity index (χ3v) is 5.97. The van der Waals surface area contributed by atoms with Crippen molar-refractivity contribution in [3.63, 3.8) is 0 Å². The molecule has 0 amide bonds. The van der Waals surface area contributed by atoms with E-state index >= 15 is 0 Å². The summed E-state index contributed by atoms with van der Waals surface area (Å²) in [5.41, 5.74) is 3.01. The van der Waals surface area contributed by atoms with Crippen LogP contribution in [0.4, 0.5) is 4.39 Å². The summed E-state index contributed by atoms with van der Waals surface area (Å²) in [5.74, 6) is 1.62. The van der Waals surface area contributed by atoms with Crippen LogP contribution in [0.5, 0.6) is 5.75 Å². The number of rotatable bonds is 4. The molecule has 0 radical (unpaired) electrons. The third kappa shape index (κ3) is 3.54. The molecule has 0 aliphatic carbocycles. The van der Waals surface area contributed by atoms with Gasteiger partial charge in [-0.2, -0.15) is 0 Å². The molecule has 3 aromatic rings. The zero-order chi connectivity index (χ0) is 19.8. The lowest BCUT2D eigenvalue weighted by molar-refractivity contribution is -0.0821. The van der Waals surface area contributed by atoms with Gasteiger partial charge in [0, 0.05) is 25.2 Å².